The van der Waals surface area contributed by atoms with Crippen LogP contribution in [-0.2, 0) is 11.2 Å². The van der Waals surface area contributed by atoms with E-state index in [2.05, 4.69) is 25.8 Å². The molecule has 1 N–H and O–H groups in total. The topological polar surface area (TPSA) is 88.8 Å². The largest absolute Gasteiger partial charge is 0.333 e. The zero-order chi connectivity index (χ0) is 17.8. The average Bonchev–Trinajstić information content (AvgIpc) is 3.24. The van der Waals surface area contributed by atoms with Gasteiger partial charge in [-0.25, -0.2) is 4.68 Å². The van der Waals surface area contributed by atoms with Crippen molar-refractivity contribution < 1.29 is 4.79 Å². The van der Waals surface area contributed by atoms with Crippen molar-refractivity contribution in [3.05, 3.63) is 66.2 Å². The maximum atomic E-state index is 12.9. The van der Waals surface area contributed by atoms with E-state index >= 15 is 0 Å². The molecule has 140 valence electrons. The normalized spacial score (nSPS) is 16.6. The predicted octanol–water partition coefficient (Wildman–Crippen LogP) is 1.19. The first kappa shape index (κ1) is 18.9. The Hall–Kier alpha value is -2.84. The highest BCUT2D eigenvalue weighted by Gasteiger charge is 2.27. The van der Waals surface area contributed by atoms with Crippen LogP contribution in [-0.4, -0.2) is 55.6 Å². The molecule has 0 bridgehead atoms. The highest BCUT2D eigenvalue weighted by Crippen LogP contribution is 2.22. The number of piperazine rings is 1. The van der Waals surface area contributed by atoms with Crippen molar-refractivity contribution in [1.29, 1.82) is 0 Å². The second-order valence-corrected chi connectivity index (χ2v) is 6.19. The van der Waals surface area contributed by atoms with Crippen LogP contribution in [0.25, 0.3) is 5.69 Å². The summed E-state index contributed by atoms with van der Waals surface area (Å²) in [6, 6.07) is 11.7. The Morgan fingerprint density at radius 3 is 2.78 bits per heavy atom. The van der Waals surface area contributed by atoms with Gasteiger partial charge in [-0.3, -0.25) is 9.78 Å². The average molecular weight is 386 g/mol. The number of tetrazole rings is 1. The van der Waals surface area contributed by atoms with E-state index in [1.54, 1.807) is 17.2 Å². The van der Waals surface area contributed by atoms with Gasteiger partial charge in [-0.05, 0) is 39.8 Å². The molecule has 27 heavy (non-hydrogen) atoms. The molecule has 0 radical (unpaired) electrons. The summed E-state index contributed by atoms with van der Waals surface area (Å²) in [6.45, 7) is 2.25. The van der Waals surface area contributed by atoms with E-state index < -0.39 is 0 Å². The predicted molar refractivity (Wildman–Crippen MR) is 102 cm³/mol. The summed E-state index contributed by atoms with van der Waals surface area (Å²) >= 11 is 0. The SMILES string of the molecule is Cl.O=C(Cc1ccc(-n2cnnn2)cc1)N1CCNCC1c1cccnc1. The van der Waals surface area contributed by atoms with Gasteiger partial charge < -0.3 is 10.2 Å². The van der Waals surface area contributed by atoms with E-state index in [1.165, 1.54) is 0 Å². The molecular weight excluding hydrogens is 366 g/mol. The summed E-state index contributed by atoms with van der Waals surface area (Å²) in [7, 11) is 0. The monoisotopic (exact) mass is 385 g/mol. The molecule has 1 saturated heterocycles. The molecule has 1 aliphatic rings. The lowest BCUT2D eigenvalue weighted by Gasteiger charge is -2.36. The summed E-state index contributed by atoms with van der Waals surface area (Å²) < 4.78 is 1.58. The van der Waals surface area contributed by atoms with Gasteiger partial charge in [0.15, 0.2) is 0 Å². The Morgan fingerprint density at radius 2 is 2.07 bits per heavy atom. The van der Waals surface area contributed by atoms with E-state index in [-0.39, 0.29) is 24.4 Å². The Balaban J connectivity index is 0.00000210. The third-order valence-corrected chi connectivity index (χ3v) is 4.54. The molecule has 0 aliphatic carbocycles. The zero-order valence-corrected chi connectivity index (χ0v) is 15.4. The second kappa shape index (κ2) is 8.70. The molecule has 1 atom stereocenters. The number of hydrogen-bond acceptors (Lipinski definition) is 6. The molecule has 3 heterocycles. The number of amides is 1. The number of pyridine rings is 1. The zero-order valence-electron chi connectivity index (χ0n) is 14.6. The first-order valence-electron chi connectivity index (χ1n) is 8.54. The van der Waals surface area contributed by atoms with Crippen LogP contribution in [0.4, 0.5) is 0 Å². The van der Waals surface area contributed by atoms with Crippen molar-refractivity contribution in [3.8, 4) is 5.69 Å². The van der Waals surface area contributed by atoms with Crippen LogP contribution in [0.2, 0.25) is 0 Å². The highest BCUT2D eigenvalue weighted by molar-refractivity contribution is 5.85. The van der Waals surface area contributed by atoms with Gasteiger partial charge in [0, 0.05) is 32.0 Å². The van der Waals surface area contributed by atoms with Crippen molar-refractivity contribution in [2.24, 2.45) is 0 Å². The van der Waals surface area contributed by atoms with E-state index in [0.29, 0.717) is 13.0 Å². The maximum Gasteiger partial charge on any atom is 0.227 e. The van der Waals surface area contributed by atoms with Crippen molar-refractivity contribution in [3.63, 3.8) is 0 Å². The number of carbonyl (C=O) groups excluding carboxylic acids is 1. The Morgan fingerprint density at radius 1 is 1.22 bits per heavy atom. The molecule has 1 aromatic carbocycles. The molecule has 4 rings (SSSR count). The molecule has 3 aromatic rings. The highest BCUT2D eigenvalue weighted by atomic mass is 35.5. The number of benzene rings is 1. The fraction of sp³-hybridized carbons (Fsp3) is 0.278. The Kier molecular flexibility index (Phi) is 6.10. The fourth-order valence-electron chi connectivity index (χ4n) is 3.20. The van der Waals surface area contributed by atoms with Gasteiger partial charge in [-0.1, -0.05) is 18.2 Å². The number of nitrogens with zero attached hydrogens (tertiary/aromatic N) is 6. The van der Waals surface area contributed by atoms with Crippen molar-refractivity contribution in [1.82, 2.24) is 35.4 Å². The first-order valence-corrected chi connectivity index (χ1v) is 8.54. The van der Waals surface area contributed by atoms with E-state index in [1.807, 2.05) is 47.5 Å². The lowest BCUT2D eigenvalue weighted by Crippen LogP contribution is -2.49. The van der Waals surface area contributed by atoms with Crippen LogP contribution in [0.15, 0.2) is 55.1 Å². The molecule has 1 fully saturated rings. The fourth-order valence-corrected chi connectivity index (χ4v) is 3.20. The van der Waals surface area contributed by atoms with Gasteiger partial charge in [0.1, 0.15) is 6.33 Å². The molecule has 0 saturated carbocycles. The van der Waals surface area contributed by atoms with Gasteiger partial charge in [-0.2, -0.15) is 0 Å². The van der Waals surface area contributed by atoms with Crippen molar-refractivity contribution in [2.45, 2.75) is 12.5 Å². The summed E-state index contributed by atoms with van der Waals surface area (Å²) in [5.41, 5.74) is 2.89. The van der Waals surface area contributed by atoms with Gasteiger partial charge in [0.05, 0.1) is 18.2 Å². The van der Waals surface area contributed by atoms with Crippen LogP contribution in [0.3, 0.4) is 0 Å². The number of halogens is 1. The van der Waals surface area contributed by atoms with Crippen LogP contribution >= 0.6 is 12.4 Å². The van der Waals surface area contributed by atoms with E-state index in [0.717, 1.165) is 29.9 Å². The summed E-state index contributed by atoms with van der Waals surface area (Å²) in [6.07, 6.45) is 5.49. The third-order valence-electron chi connectivity index (χ3n) is 4.54. The third kappa shape index (κ3) is 4.29. The number of nitrogens with one attached hydrogen (secondary N) is 1. The minimum Gasteiger partial charge on any atom is -0.333 e. The standard InChI is InChI=1S/C18H19N7O.ClH/c26-18(10-14-3-5-16(6-4-14)25-13-21-22-23-25)24-9-8-20-12-17(24)15-2-1-7-19-11-15;/h1-7,11,13,17,20H,8-10,12H2;1H. The van der Waals surface area contributed by atoms with E-state index in [4.69, 9.17) is 0 Å². The van der Waals surface area contributed by atoms with Gasteiger partial charge in [0.25, 0.3) is 0 Å². The smallest absolute Gasteiger partial charge is 0.227 e. The minimum absolute atomic E-state index is 0. The molecule has 0 spiro atoms. The summed E-state index contributed by atoms with van der Waals surface area (Å²) in [5.74, 6) is 0.121. The van der Waals surface area contributed by atoms with Gasteiger partial charge in [-0.15, -0.1) is 17.5 Å². The van der Waals surface area contributed by atoms with Gasteiger partial charge in [0.2, 0.25) is 5.91 Å². The molecule has 9 heteroatoms. The molecule has 2 aromatic heterocycles. The number of aromatic nitrogens is 5. The molecule has 8 nitrogen and oxygen atoms in total. The molecule has 1 amide bonds. The lowest BCUT2D eigenvalue weighted by molar-refractivity contribution is -0.133. The number of rotatable bonds is 4. The maximum absolute atomic E-state index is 12.9. The first-order chi connectivity index (χ1) is 12.8. The van der Waals surface area contributed by atoms with Crippen LogP contribution in [0.5, 0.6) is 0 Å². The Labute approximate surface area is 163 Å². The summed E-state index contributed by atoms with van der Waals surface area (Å²) in [4.78, 5) is 19.0. The molecule has 1 aliphatic heterocycles. The van der Waals surface area contributed by atoms with Crippen molar-refractivity contribution in [2.75, 3.05) is 19.6 Å². The second-order valence-electron chi connectivity index (χ2n) is 6.19. The van der Waals surface area contributed by atoms with Crippen LogP contribution < -0.4 is 5.32 Å². The quantitative estimate of drug-likeness (QED) is 0.725. The number of carbonyl (C=O) groups is 1. The van der Waals surface area contributed by atoms with Crippen molar-refractivity contribution >= 4 is 18.3 Å². The van der Waals surface area contributed by atoms with Crippen LogP contribution in [0, 0.1) is 0 Å². The Bertz CT molecular complexity index is 855. The van der Waals surface area contributed by atoms with Crippen LogP contribution in [0.1, 0.15) is 17.2 Å². The minimum atomic E-state index is 0. The number of hydrogen-bond donors (Lipinski definition) is 1. The molecule has 1 unspecified atom stereocenters. The summed E-state index contributed by atoms with van der Waals surface area (Å²) in [5, 5.41) is 14.5. The van der Waals surface area contributed by atoms with Gasteiger partial charge >= 0.3 is 0 Å². The van der Waals surface area contributed by atoms with E-state index in [9.17, 15) is 4.79 Å². The molecular formula is C18H20ClN7O. The lowest BCUT2D eigenvalue weighted by atomic mass is 10.0.